The van der Waals surface area contributed by atoms with E-state index < -0.39 is 0 Å². The second kappa shape index (κ2) is 7.06. The zero-order valence-electron chi connectivity index (χ0n) is 17.0. The van der Waals surface area contributed by atoms with E-state index in [0.717, 1.165) is 77.3 Å². The van der Waals surface area contributed by atoms with E-state index in [1.54, 1.807) is 0 Å². The molecule has 0 saturated carbocycles. The van der Waals surface area contributed by atoms with Crippen LogP contribution in [-0.2, 0) is 24.1 Å². The minimum absolute atomic E-state index is 0.238. The van der Waals surface area contributed by atoms with Gasteiger partial charge in [0.15, 0.2) is 0 Å². The second-order valence-electron chi connectivity index (χ2n) is 8.54. The van der Waals surface area contributed by atoms with Crippen molar-refractivity contribution < 1.29 is 4.74 Å². The van der Waals surface area contributed by atoms with Crippen LogP contribution < -0.4 is 0 Å². The van der Waals surface area contributed by atoms with E-state index in [4.69, 9.17) is 26.4 Å². The number of ether oxygens (including phenoxy) is 1. The Morgan fingerprint density at radius 2 is 2.17 bits per heavy atom. The van der Waals surface area contributed by atoms with Gasteiger partial charge in [-0.1, -0.05) is 11.6 Å². The summed E-state index contributed by atoms with van der Waals surface area (Å²) < 4.78 is 10.4. The van der Waals surface area contributed by atoms with Gasteiger partial charge in [-0.2, -0.15) is 5.10 Å². The molecule has 5 heterocycles. The van der Waals surface area contributed by atoms with Gasteiger partial charge >= 0.3 is 0 Å². The summed E-state index contributed by atoms with van der Waals surface area (Å²) in [6.07, 6.45) is 7.12. The van der Waals surface area contributed by atoms with E-state index in [-0.39, 0.29) is 6.10 Å². The summed E-state index contributed by atoms with van der Waals surface area (Å²) >= 11 is 6.37. The van der Waals surface area contributed by atoms with Gasteiger partial charge < -0.3 is 9.30 Å². The van der Waals surface area contributed by atoms with Crippen molar-refractivity contribution >= 4 is 33.5 Å². The van der Waals surface area contributed by atoms with Gasteiger partial charge in [-0.3, -0.25) is 9.67 Å². The van der Waals surface area contributed by atoms with Gasteiger partial charge in [-0.25, -0.2) is 4.98 Å². The lowest BCUT2D eigenvalue weighted by molar-refractivity contribution is 0.00631. The van der Waals surface area contributed by atoms with Gasteiger partial charge in [0.2, 0.25) is 0 Å². The van der Waals surface area contributed by atoms with Crippen molar-refractivity contribution in [2.75, 3.05) is 6.61 Å². The molecule has 0 N–H and O–H groups in total. The first-order valence-corrected chi connectivity index (χ1v) is 11.2. The molecule has 30 heavy (non-hydrogen) atoms. The van der Waals surface area contributed by atoms with Crippen molar-refractivity contribution in [3.05, 3.63) is 52.7 Å². The van der Waals surface area contributed by atoms with E-state index in [2.05, 4.69) is 27.2 Å². The summed E-state index contributed by atoms with van der Waals surface area (Å²) in [7, 11) is 0. The number of hydrogen-bond donors (Lipinski definition) is 0. The summed E-state index contributed by atoms with van der Waals surface area (Å²) in [6.45, 7) is 3.95. The summed E-state index contributed by atoms with van der Waals surface area (Å²) in [5.41, 5.74) is 5.43. The van der Waals surface area contributed by atoms with Gasteiger partial charge in [0.05, 0.1) is 35.4 Å². The highest BCUT2D eigenvalue weighted by Gasteiger charge is 2.27. The minimum Gasteiger partial charge on any atom is -0.378 e. The molecule has 3 aromatic heterocycles. The van der Waals surface area contributed by atoms with Crippen LogP contribution in [0.25, 0.3) is 21.9 Å². The van der Waals surface area contributed by atoms with Crippen LogP contribution >= 0.6 is 11.6 Å². The van der Waals surface area contributed by atoms with Crippen LogP contribution in [0.5, 0.6) is 0 Å². The van der Waals surface area contributed by atoms with Gasteiger partial charge in [-0.05, 0) is 56.9 Å². The Labute approximate surface area is 179 Å². The van der Waals surface area contributed by atoms with Crippen LogP contribution in [0.3, 0.4) is 0 Å². The van der Waals surface area contributed by atoms with Crippen LogP contribution in [0.4, 0.5) is 0 Å². The van der Waals surface area contributed by atoms with Gasteiger partial charge in [0, 0.05) is 35.3 Å². The van der Waals surface area contributed by atoms with Gasteiger partial charge in [0.25, 0.3) is 0 Å². The SMILES string of the molecule is C[C@@H]1C[C@H](n2c(Cc3cc4n(n3)CCC4)nc3cnc4ccc(Cl)cc4c32)CCO1. The molecule has 7 heteroatoms. The van der Waals surface area contributed by atoms with E-state index >= 15 is 0 Å². The Morgan fingerprint density at radius 1 is 1.23 bits per heavy atom. The van der Waals surface area contributed by atoms with Crippen molar-refractivity contribution in [1.82, 2.24) is 24.3 Å². The molecule has 1 saturated heterocycles. The summed E-state index contributed by atoms with van der Waals surface area (Å²) in [5, 5.41) is 6.62. The van der Waals surface area contributed by atoms with E-state index in [1.807, 2.05) is 24.4 Å². The molecule has 2 aliphatic heterocycles. The molecule has 4 aromatic rings. The smallest absolute Gasteiger partial charge is 0.116 e. The number of aromatic nitrogens is 5. The van der Waals surface area contributed by atoms with Crippen molar-refractivity contribution in [2.45, 2.75) is 57.7 Å². The highest BCUT2D eigenvalue weighted by Crippen LogP contribution is 2.35. The lowest BCUT2D eigenvalue weighted by atomic mass is 10.0. The monoisotopic (exact) mass is 421 g/mol. The standard InChI is InChI=1S/C23H24ClN5O/c1-14-9-18(6-8-30-14)29-22(12-16-11-17-3-2-7-28(17)27-16)26-21-13-25-20-5-4-15(24)10-19(20)23(21)29/h4-5,10-11,13-14,18H,2-3,6-9,12H2,1H3/t14-,18-/m1/s1. The molecule has 0 bridgehead atoms. The lowest BCUT2D eigenvalue weighted by Gasteiger charge is -2.30. The zero-order chi connectivity index (χ0) is 20.2. The van der Waals surface area contributed by atoms with Crippen molar-refractivity contribution in [1.29, 1.82) is 0 Å². The Morgan fingerprint density at radius 3 is 3.03 bits per heavy atom. The first kappa shape index (κ1) is 18.3. The quantitative estimate of drug-likeness (QED) is 0.480. The Hall–Kier alpha value is -2.44. The van der Waals surface area contributed by atoms with E-state index in [1.165, 1.54) is 12.1 Å². The molecule has 6 nitrogen and oxygen atoms in total. The highest BCUT2D eigenvalue weighted by molar-refractivity contribution is 6.31. The maximum absolute atomic E-state index is 6.37. The third kappa shape index (κ3) is 3.01. The topological polar surface area (TPSA) is 57.8 Å². The Balaban J connectivity index is 1.54. The maximum atomic E-state index is 6.37. The van der Waals surface area contributed by atoms with Crippen LogP contribution in [0, 0.1) is 0 Å². The molecule has 0 amide bonds. The second-order valence-corrected chi connectivity index (χ2v) is 8.98. The van der Waals surface area contributed by atoms with Crippen molar-refractivity contribution in [2.24, 2.45) is 0 Å². The molecule has 0 spiro atoms. The first-order chi connectivity index (χ1) is 14.7. The number of halogens is 1. The summed E-state index contributed by atoms with van der Waals surface area (Å²) in [5.74, 6) is 1.05. The predicted molar refractivity (Wildman–Crippen MR) is 117 cm³/mol. The number of aryl methyl sites for hydroxylation is 2. The first-order valence-electron chi connectivity index (χ1n) is 10.8. The zero-order valence-corrected chi connectivity index (χ0v) is 17.8. The normalized spacial score (nSPS) is 21.5. The number of pyridine rings is 1. The molecular formula is C23H24ClN5O. The molecule has 1 fully saturated rings. The number of fused-ring (bicyclic) bond motifs is 4. The fourth-order valence-corrected chi connectivity index (χ4v) is 5.26. The summed E-state index contributed by atoms with van der Waals surface area (Å²) in [6, 6.07) is 8.49. The van der Waals surface area contributed by atoms with Gasteiger partial charge in [0.1, 0.15) is 11.3 Å². The minimum atomic E-state index is 0.238. The van der Waals surface area contributed by atoms with Crippen LogP contribution in [0.2, 0.25) is 5.02 Å². The lowest BCUT2D eigenvalue weighted by Crippen LogP contribution is -2.26. The third-order valence-corrected chi connectivity index (χ3v) is 6.66. The molecule has 2 atom stereocenters. The molecule has 154 valence electrons. The molecule has 6 rings (SSSR count). The van der Waals surface area contributed by atoms with Crippen LogP contribution in [0.15, 0.2) is 30.5 Å². The molecule has 1 aromatic carbocycles. The maximum Gasteiger partial charge on any atom is 0.116 e. The van der Waals surface area contributed by atoms with Crippen molar-refractivity contribution in [3.63, 3.8) is 0 Å². The number of hydrogen-bond acceptors (Lipinski definition) is 4. The average molecular weight is 422 g/mol. The van der Waals surface area contributed by atoms with Crippen LogP contribution in [-0.4, -0.2) is 37.0 Å². The van der Waals surface area contributed by atoms with Crippen LogP contribution in [0.1, 0.15) is 49.4 Å². The number of nitrogens with zero attached hydrogens (tertiary/aromatic N) is 5. The number of benzene rings is 1. The number of rotatable bonds is 3. The van der Waals surface area contributed by atoms with E-state index in [0.29, 0.717) is 6.04 Å². The summed E-state index contributed by atoms with van der Waals surface area (Å²) in [4.78, 5) is 9.67. The predicted octanol–water partition coefficient (Wildman–Crippen LogP) is 4.71. The highest BCUT2D eigenvalue weighted by atomic mass is 35.5. The molecular weight excluding hydrogens is 398 g/mol. The largest absolute Gasteiger partial charge is 0.378 e. The average Bonchev–Trinajstić information content (AvgIpc) is 3.41. The van der Waals surface area contributed by atoms with E-state index in [9.17, 15) is 0 Å². The fraction of sp³-hybridized carbons (Fsp3) is 0.435. The van der Waals surface area contributed by atoms with Gasteiger partial charge in [-0.15, -0.1) is 0 Å². The molecule has 0 radical (unpaired) electrons. The van der Waals surface area contributed by atoms with Crippen molar-refractivity contribution in [3.8, 4) is 0 Å². The molecule has 0 aliphatic carbocycles. The number of imidazole rings is 1. The molecule has 2 aliphatic rings. The molecule has 0 unspecified atom stereocenters. The third-order valence-electron chi connectivity index (χ3n) is 6.43. The Bertz CT molecular complexity index is 1240. The Kier molecular flexibility index (Phi) is 4.32. The fourth-order valence-electron chi connectivity index (χ4n) is 5.09.